The zero-order valence-electron chi connectivity index (χ0n) is 19.7. The smallest absolute Gasteiger partial charge is 0.227 e. The molecule has 8 nitrogen and oxygen atoms in total. The van der Waals surface area contributed by atoms with Crippen molar-refractivity contribution in [3.8, 4) is 28.3 Å². The normalized spacial score (nSPS) is 11.2. The zero-order valence-corrected chi connectivity index (χ0v) is 19.7. The van der Waals surface area contributed by atoms with Crippen LogP contribution in [0.4, 0.5) is 17.3 Å². The lowest BCUT2D eigenvalue weighted by Crippen LogP contribution is -2.19. The van der Waals surface area contributed by atoms with Crippen LogP contribution in [0.3, 0.4) is 0 Å². The van der Waals surface area contributed by atoms with E-state index in [0.717, 1.165) is 46.0 Å². The minimum atomic E-state index is 0.488. The number of nitrogen functional groups attached to an aromatic ring is 1. The molecule has 0 unspecified atom stereocenters. The molecule has 0 saturated heterocycles. The van der Waals surface area contributed by atoms with Crippen LogP contribution < -0.4 is 15.8 Å². The molecule has 2 aromatic carbocycles. The Balaban J connectivity index is 1.48. The number of rotatable bonds is 8. The molecule has 3 heterocycles. The topological polar surface area (TPSA) is 93.6 Å². The first kappa shape index (κ1) is 22.4. The molecule has 3 N–H and O–H groups in total. The van der Waals surface area contributed by atoms with Gasteiger partial charge in [-0.2, -0.15) is 5.10 Å². The lowest BCUT2D eigenvalue weighted by atomic mass is 10.0. The molecule has 176 valence electrons. The van der Waals surface area contributed by atoms with E-state index in [2.05, 4.69) is 15.2 Å². The first-order valence-electron chi connectivity index (χ1n) is 11.4. The number of likely N-dealkylation sites (N-methyl/N-ethyl adjacent to an activating group) is 1. The van der Waals surface area contributed by atoms with Gasteiger partial charge < -0.3 is 20.7 Å². The summed E-state index contributed by atoms with van der Waals surface area (Å²) in [6.07, 6.45) is 3.68. The Hall–Kier alpha value is -4.43. The van der Waals surface area contributed by atoms with E-state index in [9.17, 15) is 0 Å². The molecule has 0 bridgehead atoms. The Morgan fingerprint density at radius 1 is 1.00 bits per heavy atom. The van der Waals surface area contributed by atoms with Crippen molar-refractivity contribution in [3.05, 3.63) is 85.2 Å². The van der Waals surface area contributed by atoms with Crippen LogP contribution in [-0.4, -0.2) is 51.7 Å². The van der Waals surface area contributed by atoms with Gasteiger partial charge in [0.2, 0.25) is 5.95 Å². The molecule has 8 heteroatoms. The van der Waals surface area contributed by atoms with E-state index in [4.69, 9.17) is 20.6 Å². The first-order chi connectivity index (χ1) is 17.1. The Kier molecular flexibility index (Phi) is 6.28. The van der Waals surface area contributed by atoms with Crippen molar-refractivity contribution in [2.24, 2.45) is 0 Å². The minimum absolute atomic E-state index is 0.488. The number of anilines is 3. The maximum absolute atomic E-state index is 6.06. The van der Waals surface area contributed by atoms with Crippen molar-refractivity contribution in [1.29, 1.82) is 0 Å². The fourth-order valence-corrected chi connectivity index (χ4v) is 3.84. The molecule has 0 saturated carbocycles. The van der Waals surface area contributed by atoms with Gasteiger partial charge in [-0.05, 0) is 56.6 Å². The third kappa shape index (κ3) is 5.07. The number of nitrogens with zero attached hydrogens (tertiary/aromatic N) is 5. The van der Waals surface area contributed by atoms with Gasteiger partial charge in [-0.3, -0.25) is 0 Å². The average molecular weight is 466 g/mol. The predicted molar refractivity (Wildman–Crippen MR) is 140 cm³/mol. The number of aromatic nitrogens is 4. The van der Waals surface area contributed by atoms with Gasteiger partial charge in [0.15, 0.2) is 0 Å². The summed E-state index contributed by atoms with van der Waals surface area (Å²) >= 11 is 0. The minimum Gasteiger partial charge on any atom is -0.492 e. The molecule has 0 spiro atoms. The summed E-state index contributed by atoms with van der Waals surface area (Å²) in [4.78, 5) is 11.4. The van der Waals surface area contributed by atoms with Crippen molar-refractivity contribution >= 4 is 22.8 Å². The van der Waals surface area contributed by atoms with Crippen LogP contribution in [0.2, 0.25) is 0 Å². The summed E-state index contributed by atoms with van der Waals surface area (Å²) < 4.78 is 7.72. The van der Waals surface area contributed by atoms with E-state index in [1.807, 2.05) is 97.6 Å². The number of hydrogen-bond acceptors (Lipinski definition) is 7. The number of pyridine rings is 1. The second-order valence-electron chi connectivity index (χ2n) is 8.45. The van der Waals surface area contributed by atoms with E-state index < -0.39 is 0 Å². The Morgan fingerprint density at radius 2 is 1.89 bits per heavy atom. The lowest BCUT2D eigenvalue weighted by molar-refractivity contribution is 0.261. The third-order valence-corrected chi connectivity index (χ3v) is 5.51. The number of benzene rings is 2. The maximum atomic E-state index is 6.06. The summed E-state index contributed by atoms with van der Waals surface area (Å²) in [5, 5.41) is 8.13. The van der Waals surface area contributed by atoms with E-state index >= 15 is 0 Å². The standard InChI is InChI=1S/C27H27N7O/c1-33(2)15-16-35-22-10-6-9-21(18-22)30-27-29-13-12-23(31-27)25-24-11-3-4-14-34(24)32-26(25)19-7-5-8-20(28)17-19/h3-14,17-18H,15-16,28H2,1-2H3,(H,29,30,31). The van der Waals surface area contributed by atoms with Crippen LogP contribution in [0.1, 0.15) is 0 Å². The molecule has 0 aliphatic carbocycles. The van der Waals surface area contributed by atoms with Crippen molar-refractivity contribution in [2.45, 2.75) is 0 Å². The first-order valence-corrected chi connectivity index (χ1v) is 11.4. The van der Waals surface area contributed by atoms with Gasteiger partial charge >= 0.3 is 0 Å². The number of fused-ring (bicyclic) bond motifs is 1. The number of nitrogens with one attached hydrogen (secondary N) is 1. The summed E-state index contributed by atoms with van der Waals surface area (Å²) in [6, 6.07) is 23.4. The summed E-state index contributed by atoms with van der Waals surface area (Å²) in [5.74, 6) is 1.28. The van der Waals surface area contributed by atoms with E-state index in [1.165, 1.54) is 0 Å². The SMILES string of the molecule is CN(C)CCOc1cccc(Nc2nccc(-c3c(-c4cccc(N)c4)nn4ccccc34)n2)c1. The molecule has 5 aromatic rings. The molecule has 0 aliphatic heterocycles. The highest BCUT2D eigenvalue weighted by atomic mass is 16.5. The molecule has 0 aliphatic rings. The highest BCUT2D eigenvalue weighted by Gasteiger charge is 2.18. The third-order valence-electron chi connectivity index (χ3n) is 5.51. The second-order valence-corrected chi connectivity index (χ2v) is 8.45. The van der Waals surface area contributed by atoms with Gasteiger partial charge in [-0.25, -0.2) is 14.5 Å². The van der Waals surface area contributed by atoms with Crippen molar-refractivity contribution in [1.82, 2.24) is 24.5 Å². The molecule has 0 amide bonds. The Morgan fingerprint density at radius 3 is 2.74 bits per heavy atom. The summed E-state index contributed by atoms with van der Waals surface area (Å²) in [5.41, 5.74) is 12.0. The summed E-state index contributed by atoms with van der Waals surface area (Å²) in [7, 11) is 4.04. The number of nitrogens with two attached hydrogens (primary N) is 1. The van der Waals surface area contributed by atoms with Gasteiger partial charge in [-0.15, -0.1) is 0 Å². The largest absolute Gasteiger partial charge is 0.492 e. The fourth-order valence-electron chi connectivity index (χ4n) is 3.84. The highest BCUT2D eigenvalue weighted by Crippen LogP contribution is 2.35. The predicted octanol–water partition coefficient (Wildman–Crippen LogP) is 4.72. The second kappa shape index (κ2) is 9.82. The van der Waals surface area contributed by atoms with Crippen LogP contribution in [0.15, 0.2) is 85.2 Å². The molecular weight excluding hydrogens is 438 g/mol. The molecule has 0 fully saturated rings. The fraction of sp³-hybridized carbons (Fsp3) is 0.148. The molecular formula is C27H27N7O. The molecule has 0 radical (unpaired) electrons. The Bertz CT molecular complexity index is 1460. The lowest BCUT2D eigenvalue weighted by Gasteiger charge is -2.12. The Labute approximate surface area is 204 Å². The van der Waals surface area contributed by atoms with Crippen LogP contribution in [-0.2, 0) is 0 Å². The molecule has 0 atom stereocenters. The molecule has 3 aromatic heterocycles. The van der Waals surface area contributed by atoms with Gasteiger partial charge in [0.25, 0.3) is 0 Å². The van der Waals surface area contributed by atoms with Crippen molar-refractivity contribution in [2.75, 3.05) is 38.3 Å². The quantitative estimate of drug-likeness (QED) is 0.320. The van der Waals surface area contributed by atoms with Crippen molar-refractivity contribution in [3.63, 3.8) is 0 Å². The van der Waals surface area contributed by atoms with Crippen LogP contribution in [0.5, 0.6) is 5.75 Å². The monoisotopic (exact) mass is 465 g/mol. The van der Waals surface area contributed by atoms with E-state index in [0.29, 0.717) is 18.2 Å². The zero-order chi connectivity index (χ0) is 24.2. The molecule has 5 rings (SSSR count). The maximum Gasteiger partial charge on any atom is 0.227 e. The van der Waals surface area contributed by atoms with E-state index in [1.54, 1.807) is 6.20 Å². The average Bonchev–Trinajstić information content (AvgIpc) is 3.24. The van der Waals surface area contributed by atoms with Crippen molar-refractivity contribution < 1.29 is 4.74 Å². The number of hydrogen-bond donors (Lipinski definition) is 2. The molecule has 35 heavy (non-hydrogen) atoms. The van der Waals surface area contributed by atoms with Gasteiger partial charge in [-0.1, -0.05) is 24.3 Å². The van der Waals surface area contributed by atoms with Gasteiger partial charge in [0, 0.05) is 41.9 Å². The summed E-state index contributed by atoms with van der Waals surface area (Å²) in [6.45, 7) is 1.46. The van der Waals surface area contributed by atoms with Gasteiger partial charge in [0.05, 0.1) is 16.8 Å². The number of ether oxygens (including phenoxy) is 1. The highest BCUT2D eigenvalue weighted by molar-refractivity contribution is 5.91. The van der Waals surface area contributed by atoms with E-state index in [-0.39, 0.29) is 0 Å². The van der Waals surface area contributed by atoms with Crippen LogP contribution in [0, 0.1) is 0 Å². The van der Waals surface area contributed by atoms with Crippen LogP contribution >= 0.6 is 0 Å². The van der Waals surface area contributed by atoms with Crippen LogP contribution in [0.25, 0.3) is 28.0 Å². The van der Waals surface area contributed by atoms with Gasteiger partial charge in [0.1, 0.15) is 18.1 Å².